The molecule has 1 aromatic carbocycles. The Balaban J connectivity index is 1.20. The van der Waals surface area contributed by atoms with Crippen molar-refractivity contribution < 1.29 is 29.2 Å². The molecular weight excluding hydrogens is 504 g/mol. The standard InChI is InChI=1S/C26H37ClN2O6S/c1-14(27)18(22-20(30)23-26(32,35-23)25(34-22)36-2)29-24(31)19-21-17(13-28-19)12-16(10-11-33-21)9-8-15-6-4-3-5-7-15/h3-7,14,16-23,25,28,30,32H,8-13H2,1-2H3,(H,29,31)/t14-,16-,17-,18+,19-,20?,21+,22+,23?,25?,26-/m0/s1. The van der Waals surface area contributed by atoms with Gasteiger partial charge < -0.3 is 35.1 Å². The number of ether oxygens (including phenoxy) is 3. The van der Waals surface area contributed by atoms with E-state index < -0.39 is 47.0 Å². The second-order valence-corrected chi connectivity index (χ2v) is 12.1. The van der Waals surface area contributed by atoms with E-state index in [-0.39, 0.29) is 17.9 Å². The summed E-state index contributed by atoms with van der Waals surface area (Å²) in [4.78, 5) is 13.4. The van der Waals surface area contributed by atoms with Crippen molar-refractivity contribution in [2.45, 2.75) is 85.7 Å². The summed E-state index contributed by atoms with van der Waals surface area (Å²) in [7, 11) is 0. The molecule has 4 aliphatic rings. The molecule has 5 rings (SSSR count). The number of fused-ring (bicyclic) bond motifs is 2. The minimum Gasteiger partial charge on any atom is -0.387 e. The first kappa shape index (κ1) is 26.7. The normalized spacial score (nSPS) is 41.5. The first-order valence-electron chi connectivity index (χ1n) is 12.9. The van der Waals surface area contributed by atoms with Crippen LogP contribution in [0.5, 0.6) is 0 Å². The van der Waals surface area contributed by atoms with Crippen molar-refractivity contribution in [2.75, 3.05) is 19.4 Å². The number of aliphatic hydroxyl groups is 2. The number of alkyl halides is 1. The number of nitrogens with one attached hydrogen (secondary N) is 2. The van der Waals surface area contributed by atoms with Crippen molar-refractivity contribution in [3.05, 3.63) is 35.9 Å². The first-order chi connectivity index (χ1) is 17.3. The summed E-state index contributed by atoms with van der Waals surface area (Å²) in [5.41, 5.74) is 0.686. The molecule has 4 heterocycles. The lowest BCUT2D eigenvalue weighted by Crippen LogP contribution is -2.62. The molecular formula is C26H37ClN2O6S. The molecule has 11 atom stereocenters. The molecule has 1 amide bonds. The fraction of sp³-hybridized carbons (Fsp3) is 0.731. The Morgan fingerprint density at radius 1 is 1.36 bits per heavy atom. The van der Waals surface area contributed by atoms with Gasteiger partial charge in [-0.1, -0.05) is 30.3 Å². The summed E-state index contributed by atoms with van der Waals surface area (Å²) in [5.74, 6) is -0.879. The van der Waals surface area contributed by atoms with Gasteiger partial charge in [-0.15, -0.1) is 23.4 Å². The number of halogens is 1. The number of aryl methyl sites for hydroxylation is 1. The average Bonchev–Trinajstić information content (AvgIpc) is 3.50. The fourth-order valence-electron chi connectivity index (χ4n) is 6.07. The quantitative estimate of drug-likeness (QED) is 0.291. The van der Waals surface area contributed by atoms with Gasteiger partial charge in [0.25, 0.3) is 0 Å². The molecule has 4 aliphatic heterocycles. The molecule has 0 aromatic heterocycles. The topological polar surface area (TPSA) is 113 Å². The zero-order valence-corrected chi connectivity index (χ0v) is 22.3. The van der Waals surface area contributed by atoms with Crippen LogP contribution in [0.2, 0.25) is 0 Å². The Morgan fingerprint density at radius 2 is 2.14 bits per heavy atom. The molecule has 4 N–H and O–H groups in total. The van der Waals surface area contributed by atoms with Crippen molar-refractivity contribution in [3.8, 4) is 0 Å². The van der Waals surface area contributed by atoms with E-state index in [1.807, 2.05) is 6.07 Å². The highest BCUT2D eigenvalue weighted by molar-refractivity contribution is 7.99. The Bertz CT molecular complexity index is 912. The first-order valence-corrected chi connectivity index (χ1v) is 14.6. The largest absolute Gasteiger partial charge is 0.387 e. The van der Waals surface area contributed by atoms with Crippen LogP contribution < -0.4 is 10.6 Å². The lowest BCUT2D eigenvalue weighted by molar-refractivity contribution is -0.151. The summed E-state index contributed by atoms with van der Waals surface area (Å²) in [6.07, 6.45) is 3.13. The van der Waals surface area contributed by atoms with Crippen LogP contribution in [0.15, 0.2) is 30.3 Å². The van der Waals surface area contributed by atoms with Gasteiger partial charge in [-0.25, -0.2) is 0 Å². The van der Waals surface area contributed by atoms with Crippen molar-refractivity contribution in [2.24, 2.45) is 11.8 Å². The number of amides is 1. The highest BCUT2D eigenvalue weighted by Crippen LogP contribution is 2.50. The Kier molecular flexibility index (Phi) is 8.20. The maximum Gasteiger partial charge on any atom is 0.240 e. The van der Waals surface area contributed by atoms with Crippen LogP contribution in [0.25, 0.3) is 0 Å². The van der Waals surface area contributed by atoms with Crippen molar-refractivity contribution in [1.29, 1.82) is 0 Å². The molecule has 0 spiro atoms. The number of benzene rings is 1. The van der Waals surface area contributed by atoms with Gasteiger partial charge in [0, 0.05) is 13.2 Å². The zero-order chi connectivity index (χ0) is 25.4. The minimum atomic E-state index is -1.50. The molecule has 1 aromatic rings. The van der Waals surface area contributed by atoms with E-state index in [1.165, 1.54) is 17.3 Å². The number of carbonyl (C=O) groups excluding carboxylic acids is 1. The third-order valence-corrected chi connectivity index (χ3v) is 9.28. The average molecular weight is 541 g/mol. The van der Waals surface area contributed by atoms with Crippen LogP contribution in [-0.2, 0) is 25.4 Å². The van der Waals surface area contributed by atoms with Crippen molar-refractivity contribution >= 4 is 29.3 Å². The molecule has 3 unspecified atom stereocenters. The molecule has 8 nitrogen and oxygen atoms in total. The Labute approximate surface area is 221 Å². The van der Waals surface area contributed by atoms with Gasteiger partial charge in [-0.3, -0.25) is 4.79 Å². The maximum atomic E-state index is 13.4. The van der Waals surface area contributed by atoms with E-state index in [0.717, 1.165) is 32.2 Å². The molecule has 0 bridgehead atoms. The van der Waals surface area contributed by atoms with Crippen molar-refractivity contribution in [1.82, 2.24) is 10.6 Å². The van der Waals surface area contributed by atoms with E-state index >= 15 is 0 Å². The summed E-state index contributed by atoms with van der Waals surface area (Å²) in [6, 6.07) is 9.39. The molecule has 4 fully saturated rings. The van der Waals surface area contributed by atoms with E-state index in [9.17, 15) is 15.0 Å². The van der Waals surface area contributed by atoms with Crippen LogP contribution in [0, 0.1) is 11.8 Å². The predicted octanol–water partition coefficient (Wildman–Crippen LogP) is 1.65. The van der Waals surface area contributed by atoms with Gasteiger partial charge >= 0.3 is 0 Å². The van der Waals surface area contributed by atoms with E-state index in [2.05, 4.69) is 34.9 Å². The van der Waals surface area contributed by atoms with Crippen LogP contribution in [-0.4, -0.2) is 88.6 Å². The summed E-state index contributed by atoms with van der Waals surface area (Å²) in [6.45, 7) is 3.13. The zero-order valence-electron chi connectivity index (χ0n) is 20.7. The molecule has 200 valence electrons. The molecule has 0 radical (unpaired) electrons. The third-order valence-electron chi connectivity index (χ3n) is 8.14. The van der Waals surface area contributed by atoms with Crippen LogP contribution in [0.3, 0.4) is 0 Å². The Morgan fingerprint density at radius 3 is 2.86 bits per heavy atom. The maximum absolute atomic E-state index is 13.4. The molecule has 4 saturated heterocycles. The van der Waals surface area contributed by atoms with Crippen LogP contribution in [0.4, 0.5) is 0 Å². The molecule has 10 heteroatoms. The van der Waals surface area contributed by atoms with Gasteiger partial charge in [0.05, 0.1) is 17.5 Å². The number of aliphatic hydroxyl groups excluding tert-OH is 1. The lowest BCUT2D eigenvalue weighted by Gasteiger charge is -2.39. The number of thioether (sulfide) groups is 1. The van der Waals surface area contributed by atoms with Gasteiger partial charge in [0.15, 0.2) is 5.44 Å². The van der Waals surface area contributed by atoms with Gasteiger partial charge in [-0.2, -0.15) is 0 Å². The van der Waals surface area contributed by atoms with E-state index in [1.54, 1.807) is 13.2 Å². The van der Waals surface area contributed by atoms with Crippen LogP contribution >= 0.6 is 23.4 Å². The van der Waals surface area contributed by atoms with E-state index in [0.29, 0.717) is 12.5 Å². The summed E-state index contributed by atoms with van der Waals surface area (Å²) < 4.78 is 17.6. The highest BCUT2D eigenvalue weighted by Gasteiger charge is 2.70. The number of rotatable bonds is 8. The second kappa shape index (κ2) is 11.1. The molecule has 36 heavy (non-hydrogen) atoms. The smallest absolute Gasteiger partial charge is 0.240 e. The Hall–Kier alpha value is -0.910. The number of hydrogen-bond donors (Lipinski definition) is 4. The SMILES string of the molecule is CSC1O[C@H]([C@H](NC(=O)[C@H]2NC[C@@H]3C[C@@H](CCc4ccccc4)CCO[C@H]32)[C@H](C)Cl)C(O)C2O[C@]12O. The lowest BCUT2D eigenvalue weighted by atomic mass is 9.86. The fourth-order valence-corrected chi connectivity index (χ4v) is 7.04. The second-order valence-electron chi connectivity index (χ2n) is 10.6. The minimum absolute atomic E-state index is 0.203. The number of epoxide rings is 1. The van der Waals surface area contributed by atoms with E-state index in [4.69, 9.17) is 25.8 Å². The van der Waals surface area contributed by atoms with Crippen molar-refractivity contribution in [3.63, 3.8) is 0 Å². The van der Waals surface area contributed by atoms with Crippen LogP contribution in [0.1, 0.15) is 31.7 Å². The predicted molar refractivity (Wildman–Crippen MR) is 138 cm³/mol. The third kappa shape index (κ3) is 5.31. The number of hydrogen-bond acceptors (Lipinski definition) is 8. The van der Waals surface area contributed by atoms with Gasteiger partial charge in [0.1, 0.15) is 24.4 Å². The highest BCUT2D eigenvalue weighted by atomic mass is 35.5. The number of carbonyl (C=O) groups is 1. The summed E-state index contributed by atoms with van der Waals surface area (Å²) in [5, 5.41) is 27.1. The monoisotopic (exact) mass is 540 g/mol. The molecule has 0 aliphatic carbocycles. The molecule has 0 saturated carbocycles. The van der Waals surface area contributed by atoms with Gasteiger partial charge in [-0.05, 0) is 56.3 Å². The summed E-state index contributed by atoms with van der Waals surface area (Å²) >= 11 is 7.78. The van der Waals surface area contributed by atoms with Gasteiger partial charge in [0.2, 0.25) is 11.7 Å².